The third-order valence-electron chi connectivity index (χ3n) is 1.06. The molecule has 0 spiro atoms. The Kier molecular flexibility index (Phi) is 2.22. The van der Waals surface area contributed by atoms with Gasteiger partial charge in [-0.05, 0) is 10.1 Å². The van der Waals surface area contributed by atoms with E-state index in [4.69, 9.17) is 0 Å². The highest BCUT2D eigenvalue weighted by Crippen LogP contribution is 1.99. The fourth-order valence-corrected chi connectivity index (χ4v) is 0.637. The van der Waals surface area contributed by atoms with Crippen molar-refractivity contribution in [2.24, 2.45) is 0 Å². The molecule has 0 saturated heterocycles. The lowest BCUT2D eigenvalue weighted by Gasteiger charge is -1.91. The lowest BCUT2D eigenvalue weighted by atomic mass is 10.2. The second-order valence-electron chi connectivity index (χ2n) is 1.74. The van der Waals surface area contributed by atoms with Crippen LogP contribution in [0.3, 0.4) is 0 Å². The summed E-state index contributed by atoms with van der Waals surface area (Å²) in [6, 6.07) is 9.17. The van der Waals surface area contributed by atoms with Gasteiger partial charge in [0, 0.05) is 0 Å². The number of rotatable bonds is 2. The van der Waals surface area contributed by atoms with Crippen LogP contribution in [-0.4, -0.2) is 0 Å². The van der Waals surface area contributed by atoms with Crippen molar-refractivity contribution in [2.75, 3.05) is 0 Å². The fourth-order valence-electron chi connectivity index (χ4n) is 0.637. The Labute approximate surface area is 53.0 Å². The van der Waals surface area contributed by atoms with E-state index >= 15 is 0 Å². The first-order valence-electron chi connectivity index (χ1n) is 2.71. The second kappa shape index (κ2) is 3.20. The van der Waals surface area contributed by atoms with Crippen molar-refractivity contribution in [1.82, 2.24) is 0 Å². The van der Waals surface area contributed by atoms with Gasteiger partial charge in [-0.3, -0.25) is 0 Å². The highest BCUT2D eigenvalue weighted by molar-refractivity contribution is 5.13. The summed E-state index contributed by atoms with van der Waals surface area (Å²) in [6.45, 7) is 0.0425. The first kappa shape index (κ1) is 6.23. The van der Waals surface area contributed by atoms with E-state index in [1.54, 1.807) is 12.1 Å². The molecule has 0 amide bonds. The first-order valence-corrected chi connectivity index (χ1v) is 2.71. The monoisotopic (exact) mass is 126 g/mol. The van der Waals surface area contributed by atoms with Gasteiger partial charge in [-0.2, -0.15) is 4.94 Å². The van der Waals surface area contributed by atoms with Crippen LogP contribution in [0, 0.1) is 0 Å². The van der Waals surface area contributed by atoms with Gasteiger partial charge in [-0.25, -0.2) is 0 Å². The molecule has 2 heteroatoms. The average molecular weight is 126 g/mol. The third-order valence-corrected chi connectivity index (χ3v) is 1.06. The van der Waals surface area contributed by atoms with E-state index in [0.717, 1.165) is 5.56 Å². The smallest absolute Gasteiger partial charge is 0.113 e. The van der Waals surface area contributed by atoms with Gasteiger partial charge in [0.1, 0.15) is 6.61 Å². The summed E-state index contributed by atoms with van der Waals surface area (Å²) in [5.41, 5.74) is 0.847. The largest absolute Gasteiger partial charge is 0.189 e. The predicted molar refractivity (Wildman–Crippen MR) is 32.3 cm³/mol. The van der Waals surface area contributed by atoms with Crippen LogP contribution in [-0.2, 0) is 11.5 Å². The summed E-state index contributed by atoms with van der Waals surface area (Å²) in [5, 5.41) is 0. The van der Waals surface area contributed by atoms with Crippen molar-refractivity contribution >= 4 is 0 Å². The van der Waals surface area contributed by atoms with Crippen LogP contribution in [0.5, 0.6) is 0 Å². The molecule has 1 rings (SSSR count). The fraction of sp³-hybridized carbons (Fsp3) is 0.143. The molecule has 0 bridgehead atoms. The Morgan fingerprint density at radius 1 is 1.22 bits per heavy atom. The van der Waals surface area contributed by atoms with E-state index in [0.29, 0.717) is 0 Å². The highest BCUT2D eigenvalue weighted by atomic mass is 19.3. The molecule has 1 aromatic carbocycles. The summed E-state index contributed by atoms with van der Waals surface area (Å²) in [5.74, 6) is 0. The van der Waals surface area contributed by atoms with Crippen molar-refractivity contribution in [3.05, 3.63) is 35.9 Å². The van der Waals surface area contributed by atoms with E-state index < -0.39 is 0 Å². The molecule has 0 radical (unpaired) electrons. The van der Waals surface area contributed by atoms with E-state index in [1.165, 1.54) is 0 Å². The molecule has 0 aliphatic heterocycles. The van der Waals surface area contributed by atoms with Gasteiger partial charge in [0.25, 0.3) is 0 Å². The van der Waals surface area contributed by atoms with Crippen LogP contribution in [0.25, 0.3) is 0 Å². The van der Waals surface area contributed by atoms with E-state index in [9.17, 15) is 4.53 Å². The Bertz CT molecular complexity index is 162. The zero-order chi connectivity index (χ0) is 6.53. The number of halogens is 1. The lowest BCUT2D eigenvalue weighted by Crippen LogP contribution is -1.81. The topological polar surface area (TPSA) is 9.23 Å². The van der Waals surface area contributed by atoms with Gasteiger partial charge in [-0.1, -0.05) is 30.3 Å². The van der Waals surface area contributed by atoms with Crippen LogP contribution in [0.4, 0.5) is 4.53 Å². The molecule has 9 heavy (non-hydrogen) atoms. The Morgan fingerprint density at radius 2 is 1.89 bits per heavy atom. The maximum absolute atomic E-state index is 11.2. The average Bonchev–Trinajstić information content (AvgIpc) is 1.91. The second-order valence-corrected chi connectivity index (χ2v) is 1.74. The summed E-state index contributed by atoms with van der Waals surface area (Å²) >= 11 is 0. The molecule has 1 aromatic rings. The highest BCUT2D eigenvalue weighted by Gasteiger charge is 1.87. The molecule has 0 heterocycles. The number of hydrogen-bond acceptors (Lipinski definition) is 1. The van der Waals surface area contributed by atoms with Crippen LogP contribution in [0.1, 0.15) is 5.56 Å². The van der Waals surface area contributed by atoms with Crippen molar-refractivity contribution in [2.45, 2.75) is 6.61 Å². The molecule has 0 aromatic heterocycles. The van der Waals surface area contributed by atoms with E-state index in [2.05, 4.69) is 4.94 Å². The van der Waals surface area contributed by atoms with Crippen molar-refractivity contribution in [3.8, 4) is 0 Å². The molecule has 0 aliphatic rings. The van der Waals surface area contributed by atoms with Gasteiger partial charge >= 0.3 is 0 Å². The molecule has 0 atom stereocenters. The quantitative estimate of drug-likeness (QED) is 0.589. The minimum Gasteiger partial charge on any atom is -0.189 e. The van der Waals surface area contributed by atoms with E-state index in [-0.39, 0.29) is 6.61 Å². The SMILES string of the molecule is FOCc1ccccc1. The summed E-state index contributed by atoms with van der Waals surface area (Å²) < 4.78 is 11.2. The maximum atomic E-state index is 11.2. The van der Waals surface area contributed by atoms with Gasteiger partial charge in [-0.15, -0.1) is 0 Å². The van der Waals surface area contributed by atoms with Crippen molar-refractivity contribution < 1.29 is 9.47 Å². The lowest BCUT2D eigenvalue weighted by molar-refractivity contribution is -0.144. The molecule has 0 unspecified atom stereocenters. The Balaban J connectivity index is 2.61. The van der Waals surface area contributed by atoms with Crippen molar-refractivity contribution in [3.63, 3.8) is 0 Å². The normalized spacial score (nSPS) is 9.44. The van der Waals surface area contributed by atoms with Crippen LogP contribution in [0.15, 0.2) is 30.3 Å². The zero-order valence-corrected chi connectivity index (χ0v) is 4.88. The molecule has 0 fully saturated rings. The molecular formula is C7H7FO. The van der Waals surface area contributed by atoms with E-state index in [1.807, 2.05) is 18.2 Å². The number of hydrogen-bond donors (Lipinski definition) is 0. The molecule has 0 N–H and O–H groups in total. The van der Waals surface area contributed by atoms with Gasteiger partial charge in [0.05, 0.1) is 0 Å². The minimum absolute atomic E-state index is 0.0425. The molecule has 0 saturated carbocycles. The van der Waals surface area contributed by atoms with Crippen molar-refractivity contribution in [1.29, 1.82) is 0 Å². The maximum Gasteiger partial charge on any atom is 0.113 e. The Morgan fingerprint density at radius 3 is 2.44 bits per heavy atom. The predicted octanol–water partition coefficient (Wildman–Crippen LogP) is 2.09. The minimum atomic E-state index is 0.0425. The van der Waals surface area contributed by atoms with Gasteiger partial charge in [0.15, 0.2) is 0 Å². The molecule has 0 aliphatic carbocycles. The molecule has 1 nitrogen and oxygen atoms in total. The summed E-state index contributed by atoms with van der Waals surface area (Å²) in [7, 11) is 0. The summed E-state index contributed by atoms with van der Waals surface area (Å²) in [4.78, 5) is 3.43. The number of benzene rings is 1. The zero-order valence-electron chi connectivity index (χ0n) is 4.88. The van der Waals surface area contributed by atoms with Crippen LogP contribution >= 0.6 is 0 Å². The standard InChI is InChI=1S/C7H7FO/c8-9-6-7-4-2-1-3-5-7/h1-5H,6H2. The Hall–Kier alpha value is -0.890. The van der Waals surface area contributed by atoms with Crippen LogP contribution < -0.4 is 0 Å². The summed E-state index contributed by atoms with van der Waals surface area (Å²) in [6.07, 6.45) is 0. The molecular weight excluding hydrogens is 119 g/mol. The van der Waals surface area contributed by atoms with Gasteiger partial charge in [0.2, 0.25) is 0 Å². The first-order chi connectivity index (χ1) is 4.43. The molecule has 48 valence electrons. The third kappa shape index (κ3) is 1.82. The van der Waals surface area contributed by atoms with Crippen LogP contribution in [0.2, 0.25) is 0 Å². The van der Waals surface area contributed by atoms with Gasteiger partial charge < -0.3 is 0 Å².